The van der Waals surface area contributed by atoms with Crippen LogP contribution in [-0.2, 0) is 6.54 Å². The van der Waals surface area contributed by atoms with Gasteiger partial charge in [0.2, 0.25) is 0 Å². The van der Waals surface area contributed by atoms with Crippen LogP contribution in [0.2, 0.25) is 0 Å². The van der Waals surface area contributed by atoms with E-state index in [0.717, 1.165) is 22.6 Å². The number of ether oxygens (including phenoxy) is 1. The number of amidine groups is 1. The molecule has 5 nitrogen and oxygen atoms in total. The average molecular weight is 271 g/mol. The summed E-state index contributed by atoms with van der Waals surface area (Å²) >= 11 is 0. The largest absolute Gasteiger partial charge is 0.497 e. The molecule has 0 unspecified atom stereocenters. The van der Waals surface area contributed by atoms with Crippen LogP contribution in [0.15, 0.2) is 53.7 Å². The Hall–Kier alpha value is -2.69. The molecule has 104 valence electrons. The summed E-state index contributed by atoms with van der Waals surface area (Å²) in [7, 11) is 1.63. The van der Waals surface area contributed by atoms with Crippen LogP contribution in [0.5, 0.6) is 5.75 Å². The highest BCUT2D eigenvalue weighted by Crippen LogP contribution is 2.17. The number of nitrogens with two attached hydrogens (primary N) is 1. The minimum atomic E-state index is 0.108. The highest BCUT2D eigenvalue weighted by molar-refractivity contribution is 5.98. The van der Waals surface area contributed by atoms with Crippen molar-refractivity contribution in [3.8, 4) is 5.75 Å². The predicted octanol–water partition coefficient (Wildman–Crippen LogP) is 2.40. The van der Waals surface area contributed by atoms with Gasteiger partial charge in [0.15, 0.2) is 5.84 Å². The lowest BCUT2D eigenvalue weighted by Gasteiger charge is -2.11. The van der Waals surface area contributed by atoms with Gasteiger partial charge in [0, 0.05) is 17.8 Å². The summed E-state index contributed by atoms with van der Waals surface area (Å²) in [4.78, 5) is 0. The van der Waals surface area contributed by atoms with Gasteiger partial charge in [0.25, 0.3) is 0 Å². The third-order valence-electron chi connectivity index (χ3n) is 2.97. The molecule has 4 N–H and O–H groups in total. The zero-order valence-corrected chi connectivity index (χ0v) is 11.2. The monoisotopic (exact) mass is 271 g/mol. The standard InChI is InChI=1S/C15H17N3O2/c1-20-13-8-6-12(7-9-13)17-10-11-4-2-3-5-14(11)15(16)18-19/h2-9,17,19H,10H2,1H3,(H2,16,18). The third-order valence-corrected chi connectivity index (χ3v) is 2.97. The minimum Gasteiger partial charge on any atom is -0.497 e. The number of hydrogen-bond acceptors (Lipinski definition) is 4. The Morgan fingerprint density at radius 1 is 1.20 bits per heavy atom. The fraction of sp³-hybridized carbons (Fsp3) is 0.133. The van der Waals surface area contributed by atoms with Crippen LogP contribution in [-0.4, -0.2) is 18.2 Å². The van der Waals surface area contributed by atoms with Crippen molar-refractivity contribution in [1.29, 1.82) is 0 Å². The minimum absolute atomic E-state index is 0.108. The maximum Gasteiger partial charge on any atom is 0.170 e. The molecule has 0 aliphatic heterocycles. The van der Waals surface area contributed by atoms with Crippen molar-refractivity contribution in [2.75, 3.05) is 12.4 Å². The summed E-state index contributed by atoms with van der Waals surface area (Å²) in [6.07, 6.45) is 0. The number of methoxy groups -OCH3 is 1. The smallest absolute Gasteiger partial charge is 0.170 e. The van der Waals surface area contributed by atoms with Gasteiger partial charge in [0.05, 0.1) is 7.11 Å². The van der Waals surface area contributed by atoms with E-state index in [1.165, 1.54) is 0 Å². The van der Waals surface area contributed by atoms with E-state index < -0.39 is 0 Å². The zero-order valence-electron chi connectivity index (χ0n) is 11.2. The Morgan fingerprint density at radius 2 is 1.90 bits per heavy atom. The van der Waals surface area contributed by atoms with Gasteiger partial charge in [-0.05, 0) is 29.8 Å². The van der Waals surface area contributed by atoms with Crippen molar-refractivity contribution in [2.24, 2.45) is 10.9 Å². The second kappa shape index (κ2) is 6.47. The van der Waals surface area contributed by atoms with Crippen molar-refractivity contribution in [3.05, 3.63) is 59.7 Å². The summed E-state index contributed by atoms with van der Waals surface area (Å²) in [5, 5.41) is 15.1. The molecule has 2 rings (SSSR count). The molecule has 0 saturated carbocycles. The lowest BCUT2D eigenvalue weighted by Crippen LogP contribution is -2.16. The second-order valence-electron chi connectivity index (χ2n) is 4.22. The van der Waals surface area contributed by atoms with E-state index in [4.69, 9.17) is 15.7 Å². The molecule has 2 aromatic carbocycles. The number of benzene rings is 2. The number of nitrogens with one attached hydrogen (secondary N) is 1. The molecule has 2 aromatic rings. The third kappa shape index (κ3) is 3.20. The molecule has 0 aliphatic carbocycles. The maximum atomic E-state index is 8.78. The fourth-order valence-corrected chi connectivity index (χ4v) is 1.88. The molecule has 0 heterocycles. The molecule has 5 heteroatoms. The highest BCUT2D eigenvalue weighted by Gasteiger charge is 2.05. The first-order chi connectivity index (χ1) is 9.74. The molecule has 0 amide bonds. The van der Waals surface area contributed by atoms with E-state index in [1.807, 2.05) is 48.5 Å². The normalized spacial score (nSPS) is 11.2. The molecule has 20 heavy (non-hydrogen) atoms. The van der Waals surface area contributed by atoms with Gasteiger partial charge in [-0.3, -0.25) is 0 Å². The molecule has 0 aromatic heterocycles. The summed E-state index contributed by atoms with van der Waals surface area (Å²) in [5.41, 5.74) is 8.31. The molecule has 0 fully saturated rings. The number of nitrogens with zero attached hydrogens (tertiary/aromatic N) is 1. The van der Waals surface area contributed by atoms with Crippen LogP contribution in [0.1, 0.15) is 11.1 Å². The Labute approximate surface area is 117 Å². The molecule has 0 radical (unpaired) electrons. The van der Waals surface area contributed by atoms with Gasteiger partial charge in [-0.15, -0.1) is 0 Å². The summed E-state index contributed by atoms with van der Waals surface area (Å²) in [6.45, 7) is 0.582. The van der Waals surface area contributed by atoms with Gasteiger partial charge in [-0.25, -0.2) is 0 Å². The fourth-order valence-electron chi connectivity index (χ4n) is 1.88. The molecular weight excluding hydrogens is 254 g/mol. The van der Waals surface area contributed by atoms with Crippen molar-refractivity contribution >= 4 is 11.5 Å². The molecule has 0 bridgehead atoms. The lowest BCUT2D eigenvalue weighted by atomic mass is 10.1. The predicted molar refractivity (Wildman–Crippen MR) is 79.3 cm³/mol. The van der Waals surface area contributed by atoms with Crippen LogP contribution in [0.4, 0.5) is 5.69 Å². The first kappa shape index (κ1) is 13.7. The number of rotatable bonds is 5. The summed E-state index contributed by atoms with van der Waals surface area (Å²) in [5.74, 6) is 0.921. The van der Waals surface area contributed by atoms with E-state index in [9.17, 15) is 0 Å². The Balaban J connectivity index is 2.10. The van der Waals surface area contributed by atoms with Crippen LogP contribution in [0.3, 0.4) is 0 Å². The first-order valence-corrected chi connectivity index (χ1v) is 6.18. The van der Waals surface area contributed by atoms with Crippen LogP contribution in [0.25, 0.3) is 0 Å². The van der Waals surface area contributed by atoms with Gasteiger partial charge in [-0.1, -0.05) is 29.4 Å². The van der Waals surface area contributed by atoms with Crippen LogP contribution in [0, 0.1) is 0 Å². The topological polar surface area (TPSA) is 79.9 Å². The van der Waals surface area contributed by atoms with Crippen molar-refractivity contribution in [3.63, 3.8) is 0 Å². The van der Waals surface area contributed by atoms with E-state index >= 15 is 0 Å². The van der Waals surface area contributed by atoms with Gasteiger partial charge in [0.1, 0.15) is 5.75 Å². The number of anilines is 1. The second-order valence-corrected chi connectivity index (χ2v) is 4.22. The van der Waals surface area contributed by atoms with Crippen molar-refractivity contribution in [2.45, 2.75) is 6.54 Å². The van der Waals surface area contributed by atoms with Crippen molar-refractivity contribution < 1.29 is 9.94 Å². The SMILES string of the molecule is COc1ccc(NCc2ccccc2C(N)=NO)cc1. The Morgan fingerprint density at radius 3 is 2.55 bits per heavy atom. The number of hydrogen-bond donors (Lipinski definition) is 3. The van der Waals surface area contributed by atoms with Gasteiger partial charge in [-0.2, -0.15) is 0 Å². The van der Waals surface area contributed by atoms with Gasteiger partial charge >= 0.3 is 0 Å². The van der Waals surface area contributed by atoms with Crippen LogP contribution >= 0.6 is 0 Å². The molecule has 0 atom stereocenters. The lowest BCUT2D eigenvalue weighted by molar-refractivity contribution is 0.318. The molecule has 0 aliphatic rings. The number of oxime groups is 1. The molecular formula is C15H17N3O2. The van der Waals surface area contributed by atoms with E-state index in [-0.39, 0.29) is 5.84 Å². The Bertz CT molecular complexity index is 594. The van der Waals surface area contributed by atoms with E-state index in [1.54, 1.807) is 7.11 Å². The quantitative estimate of drug-likeness (QED) is 0.337. The summed E-state index contributed by atoms with van der Waals surface area (Å²) < 4.78 is 5.11. The first-order valence-electron chi connectivity index (χ1n) is 6.18. The van der Waals surface area contributed by atoms with E-state index in [0.29, 0.717) is 6.54 Å². The zero-order chi connectivity index (χ0) is 14.4. The average Bonchev–Trinajstić information content (AvgIpc) is 2.53. The maximum absolute atomic E-state index is 8.78. The van der Waals surface area contributed by atoms with E-state index in [2.05, 4.69) is 10.5 Å². The highest BCUT2D eigenvalue weighted by atomic mass is 16.5. The van der Waals surface area contributed by atoms with Crippen LogP contribution < -0.4 is 15.8 Å². The van der Waals surface area contributed by atoms with Crippen molar-refractivity contribution in [1.82, 2.24) is 0 Å². The molecule has 0 spiro atoms. The Kier molecular flexibility index (Phi) is 4.44. The van der Waals surface area contributed by atoms with Gasteiger partial charge < -0.3 is 21.0 Å². The molecule has 0 saturated heterocycles. The summed E-state index contributed by atoms with van der Waals surface area (Å²) in [6, 6.07) is 15.2.